The van der Waals surface area contributed by atoms with Crippen molar-refractivity contribution in [3.8, 4) is 0 Å². The van der Waals surface area contributed by atoms with Crippen molar-refractivity contribution in [2.45, 2.75) is 13.3 Å². The molecule has 8 nitrogen and oxygen atoms in total. The number of hydrogen-bond acceptors (Lipinski definition) is 4. The quantitative estimate of drug-likeness (QED) is 0.543. The highest BCUT2D eigenvalue weighted by molar-refractivity contribution is 6.42. The summed E-state index contributed by atoms with van der Waals surface area (Å²) in [4.78, 5) is 39.5. The average molecular weight is 295 g/mol. The van der Waals surface area contributed by atoms with Crippen LogP contribution in [-0.4, -0.2) is 44.3 Å². The summed E-state index contributed by atoms with van der Waals surface area (Å²) in [5.41, 5.74) is -0.0903. The molecule has 4 N–H and O–H groups in total. The summed E-state index contributed by atoms with van der Waals surface area (Å²) in [6.07, 6.45) is 1.33. The number of aliphatic carboxylic acids is 4. The summed E-state index contributed by atoms with van der Waals surface area (Å²) in [5.74, 6) is -5.22. The maximum Gasteiger partial charge on any atom is 0.347 e. The van der Waals surface area contributed by atoms with Gasteiger partial charge in [0.1, 0.15) is 5.03 Å². The third-order valence-corrected chi connectivity index (χ3v) is 1.68. The summed E-state index contributed by atoms with van der Waals surface area (Å²) >= 11 is 4.89. The minimum Gasteiger partial charge on any atom is -0.478 e. The van der Waals surface area contributed by atoms with Crippen LogP contribution in [-0.2, 0) is 19.2 Å². The molecule has 9 heteroatoms. The molecular formula is C10H11ClO8. The van der Waals surface area contributed by atoms with E-state index in [-0.39, 0.29) is 12.0 Å². The van der Waals surface area contributed by atoms with E-state index < -0.39 is 28.9 Å². The van der Waals surface area contributed by atoms with E-state index in [0.717, 1.165) is 0 Å². The monoisotopic (exact) mass is 294 g/mol. The summed E-state index contributed by atoms with van der Waals surface area (Å²) in [6.45, 7) is 1.59. The minimum atomic E-state index is -1.45. The predicted octanol–water partition coefficient (Wildman–Crippen LogP) is 0.770. The SMILES string of the molecule is CC/C(=C/C(=O)O)C(=O)O.O=C(O)/C=C(/Cl)C(=O)O. The lowest BCUT2D eigenvalue weighted by molar-refractivity contribution is -0.135. The Morgan fingerprint density at radius 1 is 0.895 bits per heavy atom. The standard InChI is InChI=1S/C6H8O4.C4H3ClO4/c1-2-4(6(9)10)3-5(7)8;5-2(4(8)9)1-3(6)7/h3H,2H2,1H3,(H,7,8)(H,9,10);1H,(H,6,7)(H,8,9)/b4-3-;2-1+. The third-order valence-electron chi connectivity index (χ3n) is 1.41. The van der Waals surface area contributed by atoms with Crippen molar-refractivity contribution in [1.29, 1.82) is 0 Å². The number of carbonyl (C=O) groups is 4. The lowest BCUT2D eigenvalue weighted by atomic mass is 10.2. The van der Waals surface area contributed by atoms with Gasteiger partial charge < -0.3 is 20.4 Å². The first-order chi connectivity index (χ1) is 8.61. The Morgan fingerprint density at radius 2 is 1.32 bits per heavy atom. The molecule has 0 rings (SSSR count). The Balaban J connectivity index is 0. The topological polar surface area (TPSA) is 149 Å². The second-order valence-electron chi connectivity index (χ2n) is 2.80. The number of carboxylic acid groups (broad SMARTS) is 4. The molecule has 0 aromatic heterocycles. The van der Waals surface area contributed by atoms with Gasteiger partial charge in [-0.3, -0.25) is 0 Å². The van der Waals surface area contributed by atoms with E-state index >= 15 is 0 Å². The molecule has 0 amide bonds. The highest BCUT2D eigenvalue weighted by atomic mass is 35.5. The second-order valence-corrected chi connectivity index (χ2v) is 3.21. The average Bonchev–Trinajstić information content (AvgIpc) is 2.25. The maximum absolute atomic E-state index is 10.1. The minimum absolute atomic E-state index is 0.0903. The molecule has 0 unspecified atom stereocenters. The van der Waals surface area contributed by atoms with Gasteiger partial charge in [0.15, 0.2) is 0 Å². The van der Waals surface area contributed by atoms with Crippen LogP contribution in [0.4, 0.5) is 0 Å². The van der Waals surface area contributed by atoms with E-state index in [2.05, 4.69) is 0 Å². The second kappa shape index (κ2) is 9.66. The first-order valence-electron chi connectivity index (χ1n) is 4.62. The molecule has 0 radical (unpaired) electrons. The normalized spacial score (nSPS) is 11.1. The number of halogens is 1. The van der Waals surface area contributed by atoms with Crippen molar-refractivity contribution in [3.05, 3.63) is 22.8 Å². The van der Waals surface area contributed by atoms with E-state index in [0.29, 0.717) is 12.2 Å². The Hall–Kier alpha value is -2.35. The summed E-state index contributed by atoms with van der Waals surface area (Å²) < 4.78 is 0. The van der Waals surface area contributed by atoms with Gasteiger partial charge in [-0.05, 0) is 6.42 Å². The maximum atomic E-state index is 10.1. The molecule has 106 valence electrons. The van der Waals surface area contributed by atoms with Gasteiger partial charge in [0.05, 0.1) is 0 Å². The largest absolute Gasteiger partial charge is 0.478 e. The van der Waals surface area contributed by atoms with E-state index in [1.165, 1.54) is 0 Å². The van der Waals surface area contributed by atoms with Gasteiger partial charge in [0.25, 0.3) is 0 Å². The number of carboxylic acids is 4. The van der Waals surface area contributed by atoms with Crippen molar-refractivity contribution in [2.75, 3.05) is 0 Å². The van der Waals surface area contributed by atoms with Crippen molar-refractivity contribution in [1.82, 2.24) is 0 Å². The van der Waals surface area contributed by atoms with Crippen LogP contribution in [0.15, 0.2) is 22.8 Å². The first kappa shape index (κ1) is 19.0. The van der Waals surface area contributed by atoms with Gasteiger partial charge >= 0.3 is 23.9 Å². The molecule has 0 saturated carbocycles. The highest BCUT2D eigenvalue weighted by Crippen LogP contribution is 1.99. The zero-order chi connectivity index (χ0) is 15.6. The highest BCUT2D eigenvalue weighted by Gasteiger charge is 2.05. The van der Waals surface area contributed by atoms with Gasteiger partial charge in [0.2, 0.25) is 0 Å². The van der Waals surface area contributed by atoms with Crippen LogP contribution >= 0.6 is 11.6 Å². The molecule has 0 atom stereocenters. The molecule has 0 spiro atoms. The van der Waals surface area contributed by atoms with E-state index in [9.17, 15) is 19.2 Å². The number of rotatable bonds is 5. The van der Waals surface area contributed by atoms with Gasteiger partial charge in [0, 0.05) is 17.7 Å². The fourth-order valence-electron chi connectivity index (χ4n) is 0.634. The van der Waals surface area contributed by atoms with Gasteiger partial charge in [-0.1, -0.05) is 18.5 Å². The summed E-state index contributed by atoms with van der Waals surface area (Å²) in [7, 11) is 0. The molecule has 0 aromatic carbocycles. The van der Waals surface area contributed by atoms with Crippen LogP contribution in [0, 0.1) is 0 Å². The van der Waals surface area contributed by atoms with E-state index in [1.54, 1.807) is 6.92 Å². The Morgan fingerprint density at radius 3 is 1.42 bits per heavy atom. The molecule has 0 bridgehead atoms. The third kappa shape index (κ3) is 11.9. The Labute approximate surface area is 112 Å². The van der Waals surface area contributed by atoms with Crippen molar-refractivity contribution in [2.24, 2.45) is 0 Å². The fourth-order valence-corrected chi connectivity index (χ4v) is 0.728. The van der Waals surface area contributed by atoms with E-state index in [4.69, 9.17) is 32.0 Å². The Bertz CT molecular complexity index is 435. The number of hydrogen-bond donors (Lipinski definition) is 4. The van der Waals surface area contributed by atoms with Crippen LogP contribution in [0.5, 0.6) is 0 Å². The van der Waals surface area contributed by atoms with Crippen molar-refractivity contribution >= 4 is 35.5 Å². The van der Waals surface area contributed by atoms with Crippen LogP contribution in [0.1, 0.15) is 13.3 Å². The van der Waals surface area contributed by atoms with Crippen LogP contribution in [0.2, 0.25) is 0 Å². The molecular weight excluding hydrogens is 284 g/mol. The van der Waals surface area contributed by atoms with Crippen LogP contribution < -0.4 is 0 Å². The summed E-state index contributed by atoms with van der Waals surface area (Å²) in [6, 6.07) is 0. The summed E-state index contributed by atoms with van der Waals surface area (Å²) in [5, 5.41) is 31.6. The van der Waals surface area contributed by atoms with Crippen LogP contribution in [0.3, 0.4) is 0 Å². The molecule has 0 heterocycles. The smallest absolute Gasteiger partial charge is 0.347 e. The zero-order valence-electron chi connectivity index (χ0n) is 9.66. The fraction of sp³-hybridized carbons (Fsp3) is 0.200. The molecule has 0 saturated heterocycles. The molecule has 0 aromatic rings. The van der Waals surface area contributed by atoms with Gasteiger partial charge in [-0.2, -0.15) is 0 Å². The first-order valence-corrected chi connectivity index (χ1v) is 4.99. The van der Waals surface area contributed by atoms with E-state index in [1.807, 2.05) is 0 Å². The van der Waals surface area contributed by atoms with Gasteiger partial charge in [-0.15, -0.1) is 0 Å². The lowest BCUT2D eigenvalue weighted by Crippen LogP contribution is -2.02. The van der Waals surface area contributed by atoms with Crippen molar-refractivity contribution in [3.63, 3.8) is 0 Å². The van der Waals surface area contributed by atoms with Crippen LogP contribution in [0.25, 0.3) is 0 Å². The molecule has 0 aliphatic rings. The van der Waals surface area contributed by atoms with Crippen molar-refractivity contribution < 1.29 is 39.6 Å². The molecule has 0 aliphatic carbocycles. The molecule has 0 aliphatic heterocycles. The molecule has 19 heavy (non-hydrogen) atoms. The zero-order valence-corrected chi connectivity index (χ0v) is 10.4. The van der Waals surface area contributed by atoms with Gasteiger partial charge in [-0.25, -0.2) is 19.2 Å². The Kier molecular flexibility index (Phi) is 9.66. The lowest BCUT2D eigenvalue weighted by Gasteiger charge is -1.92. The predicted molar refractivity (Wildman–Crippen MR) is 62.9 cm³/mol. The molecule has 0 fully saturated rings.